The Bertz CT molecular complexity index is 731. The maximum Gasteiger partial charge on any atom is 0.433 e. The van der Waals surface area contributed by atoms with E-state index in [0.29, 0.717) is 12.2 Å². The summed E-state index contributed by atoms with van der Waals surface area (Å²) >= 11 is 0. The fraction of sp³-hybridized carbons (Fsp3) is 0.375. The zero-order valence-corrected chi connectivity index (χ0v) is 13.0. The highest BCUT2D eigenvalue weighted by molar-refractivity contribution is 5.95. The SMILES string of the molecule is CC1(C(=O)Nc2ccc(-n3nccc3C(F)(F)F)cc2)CCNC1. The minimum atomic E-state index is -4.48. The third-order valence-corrected chi connectivity index (χ3v) is 4.22. The van der Waals surface area contributed by atoms with E-state index in [0.717, 1.165) is 29.9 Å². The molecule has 1 aliphatic rings. The second-order valence-corrected chi connectivity index (χ2v) is 6.11. The highest BCUT2D eigenvalue weighted by Gasteiger charge is 2.36. The summed E-state index contributed by atoms with van der Waals surface area (Å²) in [5.41, 5.74) is -0.495. The van der Waals surface area contributed by atoms with Gasteiger partial charge in [0.25, 0.3) is 0 Å². The van der Waals surface area contributed by atoms with E-state index in [2.05, 4.69) is 15.7 Å². The highest BCUT2D eigenvalue weighted by Crippen LogP contribution is 2.31. The third kappa shape index (κ3) is 3.14. The number of carbonyl (C=O) groups is 1. The van der Waals surface area contributed by atoms with Crippen molar-refractivity contribution in [3.05, 3.63) is 42.2 Å². The molecule has 0 radical (unpaired) electrons. The summed E-state index contributed by atoms with van der Waals surface area (Å²) in [5.74, 6) is -0.102. The standard InChI is InChI=1S/C16H17F3N4O/c1-15(7-9-20-10-15)14(24)22-11-2-4-12(5-3-11)23-13(6-8-21-23)16(17,18)19/h2-6,8,20H,7,9-10H2,1H3,(H,22,24). The van der Waals surface area contributed by atoms with Gasteiger partial charge in [0, 0.05) is 12.2 Å². The molecule has 8 heteroatoms. The van der Waals surface area contributed by atoms with E-state index >= 15 is 0 Å². The second kappa shape index (κ2) is 5.94. The zero-order valence-electron chi connectivity index (χ0n) is 13.0. The van der Waals surface area contributed by atoms with E-state index in [4.69, 9.17) is 0 Å². The van der Waals surface area contributed by atoms with Gasteiger partial charge in [0.2, 0.25) is 5.91 Å². The molecule has 1 aliphatic heterocycles. The largest absolute Gasteiger partial charge is 0.433 e. The normalized spacial score (nSPS) is 21.0. The quantitative estimate of drug-likeness (QED) is 0.905. The van der Waals surface area contributed by atoms with Crippen molar-refractivity contribution in [3.8, 4) is 5.69 Å². The van der Waals surface area contributed by atoms with Gasteiger partial charge in [-0.25, -0.2) is 4.68 Å². The van der Waals surface area contributed by atoms with Crippen LogP contribution in [0.5, 0.6) is 0 Å². The summed E-state index contributed by atoms with van der Waals surface area (Å²) in [6.07, 6.45) is -2.63. The van der Waals surface area contributed by atoms with Gasteiger partial charge in [-0.1, -0.05) is 0 Å². The number of benzene rings is 1. The molecule has 0 saturated carbocycles. The first-order chi connectivity index (χ1) is 11.3. The number of carbonyl (C=O) groups excluding carboxylic acids is 1. The Morgan fingerprint density at radius 1 is 1.29 bits per heavy atom. The molecule has 1 aromatic carbocycles. The topological polar surface area (TPSA) is 59.0 Å². The maximum atomic E-state index is 12.9. The molecule has 2 heterocycles. The van der Waals surface area contributed by atoms with Crippen LogP contribution in [0.2, 0.25) is 0 Å². The van der Waals surface area contributed by atoms with Crippen LogP contribution in [0.15, 0.2) is 36.5 Å². The van der Waals surface area contributed by atoms with Crippen molar-refractivity contribution in [2.75, 3.05) is 18.4 Å². The van der Waals surface area contributed by atoms with Gasteiger partial charge in [-0.05, 0) is 50.2 Å². The van der Waals surface area contributed by atoms with Gasteiger partial charge in [-0.2, -0.15) is 18.3 Å². The van der Waals surface area contributed by atoms with Crippen molar-refractivity contribution in [2.24, 2.45) is 5.41 Å². The Kier molecular flexibility index (Phi) is 4.08. The number of nitrogens with one attached hydrogen (secondary N) is 2. The number of nitrogens with zero attached hydrogens (tertiary/aromatic N) is 2. The first kappa shape index (κ1) is 16.5. The Labute approximate surface area is 136 Å². The molecule has 1 saturated heterocycles. The number of halogens is 3. The molecule has 0 aliphatic carbocycles. The van der Waals surface area contributed by atoms with Gasteiger partial charge in [-0.15, -0.1) is 0 Å². The summed E-state index contributed by atoms with van der Waals surface area (Å²) < 4.78 is 39.6. The highest BCUT2D eigenvalue weighted by atomic mass is 19.4. The number of alkyl halides is 3. The van der Waals surface area contributed by atoms with Crippen LogP contribution in [0.25, 0.3) is 5.69 Å². The fourth-order valence-electron chi connectivity index (χ4n) is 2.70. The fourth-order valence-corrected chi connectivity index (χ4v) is 2.70. The van der Waals surface area contributed by atoms with Crippen LogP contribution in [-0.2, 0) is 11.0 Å². The summed E-state index contributed by atoms with van der Waals surface area (Å²) in [4.78, 5) is 12.3. The van der Waals surface area contributed by atoms with Crippen LogP contribution in [0.3, 0.4) is 0 Å². The van der Waals surface area contributed by atoms with Gasteiger partial charge >= 0.3 is 6.18 Å². The van der Waals surface area contributed by atoms with Crippen LogP contribution >= 0.6 is 0 Å². The van der Waals surface area contributed by atoms with Gasteiger partial charge in [0.05, 0.1) is 17.3 Å². The van der Waals surface area contributed by atoms with Gasteiger partial charge in [-0.3, -0.25) is 4.79 Å². The average Bonchev–Trinajstić information content (AvgIpc) is 3.17. The molecule has 1 fully saturated rings. The first-order valence-corrected chi connectivity index (χ1v) is 7.53. The smallest absolute Gasteiger partial charge is 0.326 e. The molecule has 24 heavy (non-hydrogen) atoms. The molecular weight excluding hydrogens is 321 g/mol. The molecule has 128 valence electrons. The summed E-state index contributed by atoms with van der Waals surface area (Å²) in [6, 6.07) is 7.05. The van der Waals surface area contributed by atoms with Crippen LogP contribution in [0.1, 0.15) is 19.0 Å². The van der Waals surface area contributed by atoms with E-state index in [9.17, 15) is 18.0 Å². The molecule has 5 nitrogen and oxygen atoms in total. The second-order valence-electron chi connectivity index (χ2n) is 6.11. The summed E-state index contributed by atoms with van der Waals surface area (Å²) in [7, 11) is 0. The molecule has 1 aromatic heterocycles. The molecule has 1 unspecified atom stereocenters. The lowest BCUT2D eigenvalue weighted by atomic mass is 9.89. The number of anilines is 1. The molecule has 1 amide bonds. The minimum absolute atomic E-state index is 0.102. The van der Waals surface area contributed by atoms with E-state index in [1.54, 1.807) is 12.1 Å². The minimum Gasteiger partial charge on any atom is -0.326 e. The molecular formula is C16H17F3N4O. The van der Waals surface area contributed by atoms with Crippen LogP contribution in [-0.4, -0.2) is 28.8 Å². The number of hydrogen-bond acceptors (Lipinski definition) is 3. The van der Waals surface area contributed by atoms with E-state index in [-0.39, 0.29) is 11.6 Å². The van der Waals surface area contributed by atoms with Crippen LogP contribution in [0, 0.1) is 5.41 Å². The van der Waals surface area contributed by atoms with Crippen LogP contribution in [0.4, 0.5) is 18.9 Å². The summed E-state index contributed by atoms with van der Waals surface area (Å²) in [6.45, 7) is 3.29. The Balaban J connectivity index is 1.77. The van der Waals surface area contributed by atoms with Gasteiger partial charge in [0.1, 0.15) is 5.69 Å². The number of rotatable bonds is 3. The third-order valence-electron chi connectivity index (χ3n) is 4.22. The lowest BCUT2D eigenvalue weighted by Gasteiger charge is -2.21. The first-order valence-electron chi connectivity index (χ1n) is 7.53. The molecule has 0 spiro atoms. The van der Waals surface area contributed by atoms with E-state index in [1.165, 1.54) is 12.1 Å². The number of amides is 1. The zero-order chi connectivity index (χ0) is 17.4. The molecule has 0 bridgehead atoms. The Morgan fingerprint density at radius 2 is 2.00 bits per heavy atom. The van der Waals surface area contributed by atoms with Crippen molar-refractivity contribution in [1.29, 1.82) is 0 Å². The average molecular weight is 338 g/mol. The van der Waals surface area contributed by atoms with Crippen LogP contribution < -0.4 is 10.6 Å². The number of aromatic nitrogens is 2. The predicted octanol–water partition coefficient (Wildman–Crippen LogP) is 2.83. The summed E-state index contributed by atoms with van der Waals surface area (Å²) in [5, 5.41) is 9.68. The molecule has 2 N–H and O–H groups in total. The van der Waals surface area contributed by atoms with Crippen molar-refractivity contribution in [1.82, 2.24) is 15.1 Å². The Hall–Kier alpha value is -2.35. The lowest BCUT2D eigenvalue weighted by Crippen LogP contribution is -2.35. The van der Waals surface area contributed by atoms with Gasteiger partial charge in [0.15, 0.2) is 0 Å². The van der Waals surface area contributed by atoms with Gasteiger partial charge < -0.3 is 10.6 Å². The van der Waals surface area contributed by atoms with Crippen molar-refractivity contribution >= 4 is 11.6 Å². The van der Waals surface area contributed by atoms with E-state index < -0.39 is 17.3 Å². The van der Waals surface area contributed by atoms with Crippen molar-refractivity contribution in [2.45, 2.75) is 19.5 Å². The maximum absolute atomic E-state index is 12.9. The van der Waals surface area contributed by atoms with E-state index in [1.807, 2.05) is 6.92 Å². The molecule has 2 aromatic rings. The monoisotopic (exact) mass is 338 g/mol. The van der Waals surface area contributed by atoms with Crippen molar-refractivity contribution in [3.63, 3.8) is 0 Å². The predicted molar refractivity (Wildman–Crippen MR) is 82.8 cm³/mol. The molecule has 1 atom stereocenters. The number of hydrogen-bond donors (Lipinski definition) is 2. The van der Waals surface area contributed by atoms with Crippen molar-refractivity contribution < 1.29 is 18.0 Å². The molecule has 3 rings (SSSR count). The Morgan fingerprint density at radius 3 is 2.58 bits per heavy atom. The lowest BCUT2D eigenvalue weighted by molar-refractivity contribution is -0.142.